The molecule has 0 aliphatic carbocycles. The molecule has 3 N–H and O–H groups in total. The van der Waals surface area contributed by atoms with Crippen molar-refractivity contribution in [2.45, 2.75) is 6.61 Å². The van der Waals surface area contributed by atoms with Gasteiger partial charge in [0.2, 0.25) is 11.8 Å². The Balaban J connectivity index is 1.35. The number of anilines is 4. The third-order valence-electron chi connectivity index (χ3n) is 5.42. The maximum atomic E-state index is 14.7. The van der Waals surface area contributed by atoms with Crippen LogP contribution in [0.15, 0.2) is 77.4 Å². The van der Waals surface area contributed by atoms with Gasteiger partial charge in [-0.15, -0.1) is 0 Å². The molecule has 172 valence electrons. The van der Waals surface area contributed by atoms with Crippen molar-refractivity contribution in [3.8, 4) is 34.3 Å². The second kappa shape index (κ2) is 8.41. The number of hydrogen-bond donors (Lipinski definition) is 3. The molecule has 0 saturated carbocycles. The molecular weight excluding hydrogens is 451 g/mol. The fraction of sp³-hybridized carbons (Fsp3) is 0.0400. The summed E-state index contributed by atoms with van der Waals surface area (Å²) in [5, 5.41) is 19.8. The zero-order valence-corrected chi connectivity index (χ0v) is 18.1. The predicted octanol–water partition coefficient (Wildman–Crippen LogP) is 5.42. The summed E-state index contributed by atoms with van der Waals surface area (Å²) in [4.78, 5) is 12.8. The molecule has 1 aliphatic heterocycles. The van der Waals surface area contributed by atoms with Crippen LogP contribution in [0.4, 0.5) is 27.5 Å². The summed E-state index contributed by atoms with van der Waals surface area (Å²) >= 11 is 0. The smallest absolute Gasteiger partial charge is 0.260 e. The second-order valence-corrected chi connectivity index (χ2v) is 7.73. The Morgan fingerprint density at radius 1 is 0.943 bits per heavy atom. The molecule has 10 heteroatoms. The highest BCUT2D eigenvalue weighted by Gasteiger charge is 2.26. The zero-order chi connectivity index (χ0) is 23.8. The molecule has 2 aromatic heterocycles. The summed E-state index contributed by atoms with van der Waals surface area (Å²) in [6.07, 6.45) is 1.06. The van der Waals surface area contributed by atoms with Crippen LogP contribution in [0.25, 0.3) is 22.8 Å². The first-order valence-electron chi connectivity index (χ1n) is 10.7. The molecule has 0 spiro atoms. The van der Waals surface area contributed by atoms with E-state index in [0.717, 1.165) is 17.3 Å². The number of nitrogens with one attached hydrogen (secondary N) is 2. The van der Waals surface area contributed by atoms with E-state index in [9.17, 15) is 9.50 Å². The molecule has 0 bridgehead atoms. The molecule has 3 heterocycles. The minimum atomic E-state index is -0.647. The van der Waals surface area contributed by atoms with Crippen molar-refractivity contribution in [1.29, 1.82) is 0 Å². The van der Waals surface area contributed by atoms with Gasteiger partial charge in [0.05, 0.1) is 23.0 Å². The van der Waals surface area contributed by atoms with Gasteiger partial charge in [-0.25, -0.2) is 9.37 Å². The van der Waals surface area contributed by atoms with Gasteiger partial charge in [-0.05, 0) is 24.3 Å². The first kappa shape index (κ1) is 20.6. The van der Waals surface area contributed by atoms with E-state index in [1.807, 2.05) is 30.3 Å². The molecule has 9 nitrogen and oxygen atoms in total. The number of benzene rings is 3. The molecule has 0 unspecified atom stereocenters. The minimum absolute atomic E-state index is 0.0491. The zero-order valence-electron chi connectivity index (χ0n) is 18.1. The Labute approximate surface area is 198 Å². The quantitative estimate of drug-likeness (QED) is 0.300. The Hall–Kier alpha value is -4.99. The maximum Gasteiger partial charge on any atom is 0.260 e. The fourth-order valence-electron chi connectivity index (χ4n) is 3.68. The van der Waals surface area contributed by atoms with Gasteiger partial charge in [-0.1, -0.05) is 41.6 Å². The van der Waals surface area contributed by atoms with Gasteiger partial charge in [0.1, 0.15) is 18.1 Å². The molecule has 1 aliphatic rings. The summed E-state index contributed by atoms with van der Waals surface area (Å²) in [7, 11) is 0. The maximum absolute atomic E-state index is 14.7. The van der Waals surface area contributed by atoms with Crippen LogP contribution in [0.2, 0.25) is 0 Å². The SMILES string of the molecule is Oc1cccc(Nc2ncc(F)c(Nc3c(-c4nc(-c5ccccc5)no4)ccc4c3CO4)n2)c1. The molecule has 0 amide bonds. The second-order valence-electron chi connectivity index (χ2n) is 7.73. The lowest BCUT2D eigenvalue weighted by atomic mass is 10.0. The van der Waals surface area contributed by atoms with Gasteiger partial charge in [-0.3, -0.25) is 0 Å². The van der Waals surface area contributed by atoms with E-state index in [1.54, 1.807) is 30.3 Å². The molecule has 5 aromatic rings. The van der Waals surface area contributed by atoms with Crippen LogP contribution in [0, 0.1) is 5.82 Å². The number of phenols is 1. The molecule has 0 radical (unpaired) electrons. The normalized spacial score (nSPS) is 11.8. The molecule has 0 saturated heterocycles. The fourth-order valence-corrected chi connectivity index (χ4v) is 3.68. The van der Waals surface area contributed by atoms with Gasteiger partial charge < -0.3 is 25.0 Å². The lowest BCUT2D eigenvalue weighted by molar-refractivity contribution is 0.244. The van der Waals surface area contributed by atoms with Crippen molar-refractivity contribution in [2.24, 2.45) is 0 Å². The number of aromatic nitrogens is 4. The van der Waals surface area contributed by atoms with Crippen LogP contribution in [-0.2, 0) is 6.61 Å². The van der Waals surface area contributed by atoms with Gasteiger partial charge in [0.25, 0.3) is 5.89 Å². The van der Waals surface area contributed by atoms with Gasteiger partial charge in [0.15, 0.2) is 11.6 Å². The molecule has 3 aromatic carbocycles. The third-order valence-corrected chi connectivity index (χ3v) is 5.42. The van der Waals surface area contributed by atoms with E-state index in [4.69, 9.17) is 9.26 Å². The van der Waals surface area contributed by atoms with Gasteiger partial charge in [-0.2, -0.15) is 9.97 Å². The lowest BCUT2D eigenvalue weighted by Crippen LogP contribution is -2.14. The van der Waals surface area contributed by atoms with E-state index < -0.39 is 5.82 Å². The number of nitrogens with zero attached hydrogens (tertiary/aromatic N) is 4. The first-order chi connectivity index (χ1) is 17.1. The van der Waals surface area contributed by atoms with Crippen LogP contribution >= 0.6 is 0 Å². The summed E-state index contributed by atoms with van der Waals surface area (Å²) in [5.41, 5.74) is 3.34. The average Bonchev–Trinajstić information content (AvgIpc) is 3.33. The standard InChI is InChI=1S/C25H17FN6O3/c26-19-12-27-25(28-15-7-4-8-16(33)11-15)31-23(19)29-21-17(9-10-20-18(21)13-34-20)24-30-22(32-35-24)14-5-2-1-3-6-14/h1-12,33H,13H2,(H2,27,28,29,31). The largest absolute Gasteiger partial charge is 0.508 e. The highest BCUT2D eigenvalue weighted by Crippen LogP contribution is 2.43. The van der Waals surface area contributed by atoms with Crippen molar-refractivity contribution in [3.05, 3.63) is 84.3 Å². The summed E-state index contributed by atoms with van der Waals surface area (Å²) in [5.74, 6) is 0.920. The lowest BCUT2D eigenvalue weighted by Gasteiger charge is -2.25. The summed E-state index contributed by atoms with van der Waals surface area (Å²) in [6, 6.07) is 19.5. The van der Waals surface area contributed by atoms with Crippen molar-refractivity contribution in [2.75, 3.05) is 10.6 Å². The Morgan fingerprint density at radius 2 is 1.83 bits per heavy atom. The van der Waals surface area contributed by atoms with Crippen LogP contribution in [0.3, 0.4) is 0 Å². The summed E-state index contributed by atoms with van der Waals surface area (Å²) in [6.45, 7) is 0.340. The Morgan fingerprint density at radius 3 is 2.63 bits per heavy atom. The number of phenolic OH excluding ortho intramolecular Hbond substituents is 1. The molecule has 6 rings (SSSR count). The molecule has 0 atom stereocenters. The van der Waals surface area contributed by atoms with Crippen molar-refractivity contribution in [1.82, 2.24) is 20.1 Å². The van der Waals surface area contributed by atoms with E-state index in [2.05, 4.69) is 30.7 Å². The summed E-state index contributed by atoms with van der Waals surface area (Å²) < 4.78 is 25.8. The molecular formula is C25H17FN6O3. The van der Waals surface area contributed by atoms with E-state index >= 15 is 0 Å². The topological polar surface area (TPSA) is 118 Å². The highest BCUT2D eigenvalue weighted by atomic mass is 19.1. The van der Waals surface area contributed by atoms with E-state index in [-0.39, 0.29) is 23.4 Å². The number of aromatic hydroxyl groups is 1. The monoisotopic (exact) mass is 468 g/mol. The first-order valence-corrected chi connectivity index (χ1v) is 10.7. The third kappa shape index (κ3) is 3.97. The van der Waals surface area contributed by atoms with Gasteiger partial charge >= 0.3 is 0 Å². The van der Waals surface area contributed by atoms with E-state index in [0.29, 0.717) is 35.1 Å². The van der Waals surface area contributed by atoms with Crippen LogP contribution in [-0.4, -0.2) is 25.2 Å². The molecule has 0 fully saturated rings. The number of rotatable bonds is 6. The Kier molecular flexibility index (Phi) is 4.95. The van der Waals surface area contributed by atoms with E-state index in [1.165, 1.54) is 6.07 Å². The van der Waals surface area contributed by atoms with Crippen molar-refractivity contribution >= 4 is 23.1 Å². The van der Waals surface area contributed by atoms with Gasteiger partial charge in [0, 0.05) is 17.3 Å². The van der Waals surface area contributed by atoms with Crippen molar-refractivity contribution < 1.29 is 18.8 Å². The Bertz CT molecular complexity index is 1540. The van der Waals surface area contributed by atoms with Crippen LogP contribution in [0.1, 0.15) is 5.56 Å². The van der Waals surface area contributed by atoms with Crippen molar-refractivity contribution in [3.63, 3.8) is 0 Å². The molecule has 35 heavy (non-hydrogen) atoms. The number of halogens is 1. The minimum Gasteiger partial charge on any atom is -0.508 e. The van der Waals surface area contributed by atoms with Crippen LogP contribution < -0.4 is 15.4 Å². The number of fused-ring (bicyclic) bond motifs is 1. The van der Waals surface area contributed by atoms with Crippen LogP contribution in [0.5, 0.6) is 11.5 Å². The highest BCUT2D eigenvalue weighted by molar-refractivity contribution is 5.83. The number of hydrogen-bond acceptors (Lipinski definition) is 9. The average molecular weight is 468 g/mol. The predicted molar refractivity (Wildman–Crippen MR) is 126 cm³/mol. The number of ether oxygens (including phenoxy) is 1.